The van der Waals surface area contributed by atoms with Gasteiger partial charge in [-0.25, -0.2) is 9.48 Å². The van der Waals surface area contributed by atoms with Crippen molar-refractivity contribution in [3.63, 3.8) is 0 Å². The summed E-state index contributed by atoms with van der Waals surface area (Å²) in [7, 11) is 0. The predicted molar refractivity (Wildman–Crippen MR) is 112 cm³/mol. The van der Waals surface area contributed by atoms with Gasteiger partial charge in [-0.3, -0.25) is 9.59 Å². The van der Waals surface area contributed by atoms with Crippen LogP contribution >= 0.6 is 11.8 Å². The number of β-lactam (4-membered cyclic amide) rings is 1. The number of carbonyl (C=O) groups excluding carboxylic acids is 2. The van der Waals surface area contributed by atoms with Crippen molar-refractivity contribution in [3.05, 3.63) is 16.9 Å². The summed E-state index contributed by atoms with van der Waals surface area (Å²) >= 11 is 1.55. The zero-order chi connectivity index (χ0) is 22.6. The maximum absolute atomic E-state index is 13.0. The van der Waals surface area contributed by atoms with Gasteiger partial charge in [0.1, 0.15) is 18.6 Å². The van der Waals surface area contributed by atoms with Crippen LogP contribution in [0.2, 0.25) is 0 Å². The molecule has 11 nitrogen and oxygen atoms in total. The third-order valence-electron chi connectivity index (χ3n) is 7.05. The number of carboxylic acid groups (broad SMARTS) is 1. The molecule has 1 aromatic heterocycles. The predicted octanol–water partition coefficient (Wildman–Crippen LogP) is -0.0946. The standard InChI is InChI=1S/C20H26N6O5S/c1-10(3-12(27)5-25-9-22-23-24-25)14-15-11(2)17(16(19(29)30)26(15)18(14)28)32-13-4-20(31-6-13)7-21-8-20/h9-11,13-15,21H,3-8H2,1-2H3,(H,29,30)/t10?,11-,13?,14-,15-/m1/s1. The number of nitrogens with one attached hydrogen (secondary N) is 1. The van der Waals surface area contributed by atoms with Crippen molar-refractivity contribution in [2.45, 2.75) is 50.1 Å². The lowest BCUT2D eigenvalue weighted by atomic mass is 9.73. The second-order valence-corrected chi connectivity index (χ2v) is 10.6. The van der Waals surface area contributed by atoms with Crippen molar-refractivity contribution in [2.24, 2.45) is 17.8 Å². The zero-order valence-corrected chi connectivity index (χ0v) is 18.7. The number of amides is 1. The third-order valence-corrected chi connectivity index (χ3v) is 8.50. The Morgan fingerprint density at radius 2 is 2.22 bits per heavy atom. The number of carboxylic acids is 1. The lowest BCUT2D eigenvalue weighted by Crippen LogP contribution is -2.62. The lowest BCUT2D eigenvalue weighted by Gasteiger charge is -2.47. The highest BCUT2D eigenvalue weighted by molar-refractivity contribution is 8.03. The number of ether oxygens (including phenoxy) is 1. The smallest absolute Gasteiger partial charge is 0.353 e. The first-order chi connectivity index (χ1) is 15.3. The molecule has 5 atom stereocenters. The molecule has 0 saturated carbocycles. The lowest BCUT2D eigenvalue weighted by molar-refractivity contribution is -0.160. The molecule has 0 radical (unpaired) electrons. The van der Waals surface area contributed by atoms with Crippen molar-refractivity contribution in [3.8, 4) is 0 Å². The van der Waals surface area contributed by atoms with Crippen LogP contribution in [0.25, 0.3) is 0 Å². The van der Waals surface area contributed by atoms with E-state index in [1.54, 1.807) is 11.8 Å². The highest BCUT2D eigenvalue weighted by atomic mass is 32.2. The fraction of sp³-hybridized carbons (Fsp3) is 0.700. The molecule has 5 rings (SSSR count). The number of Topliss-reactive ketones (excluding diaryl/α,β-unsaturated/α-hetero) is 1. The first-order valence-corrected chi connectivity index (χ1v) is 11.7. The number of aromatic nitrogens is 4. The van der Waals surface area contributed by atoms with Crippen LogP contribution in [-0.2, 0) is 25.7 Å². The Balaban J connectivity index is 1.28. The van der Waals surface area contributed by atoms with Crippen LogP contribution in [0.4, 0.5) is 0 Å². The van der Waals surface area contributed by atoms with Crippen LogP contribution in [0.1, 0.15) is 26.7 Å². The van der Waals surface area contributed by atoms with E-state index in [0.717, 1.165) is 24.4 Å². The minimum atomic E-state index is -1.07. The Bertz CT molecular complexity index is 977. The number of thioether (sulfide) groups is 1. The van der Waals surface area contributed by atoms with Crippen molar-refractivity contribution in [1.82, 2.24) is 30.4 Å². The van der Waals surface area contributed by atoms with Crippen LogP contribution in [0.5, 0.6) is 0 Å². The summed E-state index contributed by atoms with van der Waals surface area (Å²) in [4.78, 5) is 39.8. The molecule has 0 bridgehead atoms. The van der Waals surface area contributed by atoms with Gasteiger partial charge in [-0.15, -0.1) is 16.9 Å². The van der Waals surface area contributed by atoms with Gasteiger partial charge in [-0.05, 0) is 22.8 Å². The highest BCUT2D eigenvalue weighted by Gasteiger charge is 2.60. The Morgan fingerprint density at radius 1 is 1.44 bits per heavy atom. The average molecular weight is 463 g/mol. The molecule has 172 valence electrons. The maximum atomic E-state index is 13.0. The molecule has 0 aromatic carbocycles. The van der Waals surface area contributed by atoms with Gasteiger partial charge in [-0.1, -0.05) is 13.8 Å². The minimum absolute atomic E-state index is 0.0558. The molecule has 3 saturated heterocycles. The number of tetrazole rings is 1. The fourth-order valence-electron chi connectivity index (χ4n) is 5.46. The van der Waals surface area contributed by atoms with Crippen LogP contribution in [-0.4, -0.2) is 84.5 Å². The summed E-state index contributed by atoms with van der Waals surface area (Å²) in [6.45, 7) is 6.17. The molecule has 0 aliphatic carbocycles. The molecule has 5 heterocycles. The van der Waals surface area contributed by atoms with Crippen LogP contribution in [0.15, 0.2) is 16.9 Å². The van der Waals surface area contributed by atoms with E-state index in [1.807, 2.05) is 13.8 Å². The minimum Gasteiger partial charge on any atom is -0.477 e. The summed E-state index contributed by atoms with van der Waals surface area (Å²) in [6.07, 6.45) is 2.46. The Kier molecular flexibility index (Phi) is 5.33. The van der Waals surface area contributed by atoms with Gasteiger partial charge in [0, 0.05) is 35.6 Å². The molecular formula is C20H26N6O5S. The highest BCUT2D eigenvalue weighted by Crippen LogP contribution is 2.54. The second-order valence-electron chi connectivity index (χ2n) is 9.30. The van der Waals surface area contributed by atoms with Gasteiger partial charge >= 0.3 is 5.97 Å². The number of rotatable bonds is 8. The molecule has 4 aliphatic heterocycles. The van der Waals surface area contributed by atoms with Gasteiger partial charge in [0.15, 0.2) is 5.78 Å². The number of nitrogens with zero attached hydrogens (tertiary/aromatic N) is 5. The van der Waals surface area contributed by atoms with Crippen LogP contribution in [0, 0.1) is 17.8 Å². The van der Waals surface area contributed by atoms with E-state index >= 15 is 0 Å². The van der Waals surface area contributed by atoms with E-state index in [0.29, 0.717) is 6.61 Å². The normalized spacial score (nSPS) is 31.4. The number of hydrogen-bond donors (Lipinski definition) is 2. The Hall–Kier alpha value is -2.31. The Morgan fingerprint density at radius 3 is 2.81 bits per heavy atom. The number of aliphatic carboxylic acids is 1. The molecular weight excluding hydrogens is 436 g/mol. The number of fused-ring (bicyclic) bond motifs is 1. The summed E-state index contributed by atoms with van der Waals surface area (Å²) in [5.74, 6) is -2.02. The molecule has 12 heteroatoms. The second kappa shape index (κ2) is 7.92. The third kappa shape index (κ3) is 3.44. The van der Waals surface area contributed by atoms with Crippen molar-refractivity contribution < 1.29 is 24.2 Å². The monoisotopic (exact) mass is 462 g/mol. The molecule has 4 aliphatic rings. The van der Waals surface area contributed by atoms with Gasteiger partial charge < -0.3 is 20.1 Å². The average Bonchev–Trinajstić information content (AvgIpc) is 3.41. The van der Waals surface area contributed by atoms with Crippen LogP contribution < -0.4 is 5.32 Å². The molecule has 32 heavy (non-hydrogen) atoms. The fourth-order valence-corrected chi connectivity index (χ4v) is 6.99. The SMILES string of the molecule is CC(CC(=O)Cn1cnnn1)[C@H]1C(=O)N2C(C(=O)O)=C(SC3COC4(CNC4)C3)[C@H](C)[C@H]12. The summed E-state index contributed by atoms with van der Waals surface area (Å²) < 4.78 is 7.34. The van der Waals surface area contributed by atoms with E-state index in [9.17, 15) is 19.5 Å². The van der Waals surface area contributed by atoms with Crippen LogP contribution in [0.3, 0.4) is 0 Å². The molecule has 1 aromatic rings. The van der Waals surface area contributed by atoms with E-state index < -0.39 is 5.97 Å². The largest absolute Gasteiger partial charge is 0.477 e. The number of hydrogen-bond acceptors (Lipinski definition) is 9. The molecule has 2 unspecified atom stereocenters. The first kappa shape index (κ1) is 21.5. The molecule has 1 spiro atoms. The quantitative estimate of drug-likeness (QED) is 0.504. The van der Waals surface area contributed by atoms with Crippen molar-refractivity contribution in [1.29, 1.82) is 0 Å². The van der Waals surface area contributed by atoms with E-state index in [-0.39, 0.29) is 65.0 Å². The van der Waals surface area contributed by atoms with Crippen molar-refractivity contribution >= 4 is 29.4 Å². The zero-order valence-electron chi connectivity index (χ0n) is 17.9. The molecule has 3 fully saturated rings. The van der Waals surface area contributed by atoms with Gasteiger partial charge in [0.05, 0.1) is 24.2 Å². The van der Waals surface area contributed by atoms with Gasteiger partial charge in [0.2, 0.25) is 5.91 Å². The molecule has 2 N–H and O–H groups in total. The van der Waals surface area contributed by atoms with Gasteiger partial charge in [0.25, 0.3) is 0 Å². The summed E-state index contributed by atoms with van der Waals surface area (Å²) in [6, 6.07) is -0.228. The summed E-state index contributed by atoms with van der Waals surface area (Å²) in [5.41, 5.74) is -0.0103. The van der Waals surface area contributed by atoms with E-state index in [2.05, 4.69) is 20.8 Å². The Labute approximate surface area is 188 Å². The molecule has 1 amide bonds. The number of ketones is 1. The topological polar surface area (TPSA) is 140 Å². The maximum Gasteiger partial charge on any atom is 0.353 e. The number of carbonyl (C=O) groups is 3. The van der Waals surface area contributed by atoms with Gasteiger partial charge in [-0.2, -0.15) is 0 Å². The summed E-state index contributed by atoms with van der Waals surface area (Å²) in [5, 5.41) is 24.1. The van der Waals surface area contributed by atoms with E-state index in [1.165, 1.54) is 15.9 Å². The van der Waals surface area contributed by atoms with Crippen molar-refractivity contribution in [2.75, 3.05) is 19.7 Å². The first-order valence-electron chi connectivity index (χ1n) is 10.8. The van der Waals surface area contributed by atoms with E-state index in [4.69, 9.17) is 4.74 Å².